The number of amides is 1. The van der Waals surface area contributed by atoms with E-state index in [-0.39, 0.29) is 29.7 Å². The van der Waals surface area contributed by atoms with E-state index in [0.717, 1.165) is 107 Å². The molecule has 6 rings (SSSR count). The van der Waals surface area contributed by atoms with Crippen LogP contribution >= 0.6 is 0 Å². The van der Waals surface area contributed by atoms with Crippen molar-refractivity contribution >= 4 is 37.0 Å². The molecule has 0 aromatic heterocycles. The van der Waals surface area contributed by atoms with Gasteiger partial charge in [-0.2, -0.15) is 0 Å². The van der Waals surface area contributed by atoms with Gasteiger partial charge in [-0.3, -0.25) is 4.79 Å². The van der Waals surface area contributed by atoms with Crippen molar-refractivity contribution in [1.29, 1.82) is 0 Å². The third-order valence-electron chi connectivity index (χ3n) is 14.7. The molecule has 0 fully saturated rings. The number of hydrogen-bond donors (Lipinski definition) is 4. The van der Waals surface area contributed by atoms with Gasteiger partial charge in [-0.25, -0.2) is 16.8 Å². The van der Waals surface area contributed by atoms with E-state index in [4.69, 9.17) is 0 Å². The van der Waals surface area contributed by atoms with E-state index in [1.54, 1.807) is 24.3 Å². The van der Waals surface area contributed by atoms with Crippen molar-refractivity contribution in [2.24, 2.45) is 10.8 Å². The minimum atomic E-state index is -3.70. The number of benzene rings is 4. The zero-order valence-electron chi connectivity index (χ0n) is 39.9. The first kappa shape index (κ1) is 53.9. The normalized spacial score (nSPS) is 24.0. The second-order valence-electron chi connectivity index (χ2n) is 19.7. The standard InChI is InChI=1S/C55H76N2O7S2.CH4/c1-5-8-34-54(4)39-65(61,62)47-33-31-44(38-46(47)50(52(54)59)41-25-19-17-20-26-41)57-49(58)29-23-15-13-11-10-12-14-16-24-36-56-43-30-32-48-45(37-43)51(42-27-21-18-22-28-42)53(60)55(7-3,35-9-6-2)40-66(48,63)64;/h17-22,25-28,30-33,37-38,50-53,56,59-60H,5-16,23-24,29,34-36,39-40H2,1-4H3,(H,57,58);1H4/t50-,51-,52-,53-,54-,55-;/m1./s1. The molecule has 0 unspecified atom stereocenters. The molecule has 0 aliphatic carbocycles. The fourth-order valence-electron chi connectivity index (χ4n) is 10.8. The molecule has 4 N–H and O–H groups in total. The predicted molar refractivity (Wildman–Crippen MR) is 275 cm³/mol. The molecule has 0 spiro atoms. The Balaban J connectivity index is 0.00000840. The van der Waals surface area contributed by atoms with Crippen LogP contribution in [0.1, 0.15) is 178 Å². The lowest BCUT2D eigenvalue weighted by Gasteiger charge is -2.39. The second-order valence-corrected chi connectivity index (χ2v) is 23.6. The van der Waals surface area contributed by atoms with Gasteiger partial charge in [0, 0.05) is 47.0 Å². The van der Waals surface area contributed by atoms with Crippen molar-refractivity contribution in [2.45, 2.75) is 178 Å². The van der Waals surface area contributed by atoms with Crippen molar-refractivity contribution in [3.05, 3.63) is 119 Å². The Bertz CT molecular complexity index is 2410. The van der Waals surface area contributed by atoms with Gasteiger partial charge in [0.05, 0.1) is 33.5 Å². The number of hydrogen-bond acceptors (Lipinski definition) is 8. The van der Waals surface area contributed by atoms with Crippen molar-refractivity contribution < 1.29 is 31.8 Å². The van der Waals surface area contributed by atoms with Gasteiger partial charge in [0.25, 0.3) is 0 Å². The van der Waals surface area contributed by atoms with Crippen LogP contribution in [0.25, 0.3) is 0 Å². The average Bonchev–Trinajstić information content (AvgIpc) is 3.42. The first-order valence-corrected chi connectivity index (χ1v) is 28.2. The van der Waals surface area contributed by atoms with Gasteiger partial charge in [-0.05, 0) is 90.8 Å². The highest BCUT2D eigenvalue weighted by molar-refractivity contribution is 7.91. The van der Waals surface area contributed by atoms with Gasteiger partial charge >= 0.3 is 0 Å². The molecule has 4 aromatic carbocycles. The van der Waals surface area contributed by atoms with Gasteiger partial charge in [0.2, 0.25) is 5.91 Å². The SMILES string of the molecule is C.CCCC[C@]1(C)CS(=O)(=O)c2ccc(NC(=O)CCCCCCCCCCCNc3ccc4c(c3)[C@@H](c3ccccc3)[C@@H](O)[C@](CC)(CCCC)CS4(=O)=O)cc2[C@@H](c2ccccc2)[C@H]1O. The van der Waals surface area contributed by atoms with Crippen LogP contribution in [0.2, 0.25) is 0 Å². The number of sulfone groups is 2. The molecule has 67 heavy (non-hydrogen) atoms. The van der Waals surface area contributed by atoms with Crippen LogP contribution in [0.15, 0.2) is 107 Å². The molecular weight excluding hydrogens is 877 g/mol. The van der Waals surface area contributed by atoms with E-state index in [0.29, 0.717) is 47.4 Å². The van der Waals surface area contributed by atoms with Crippen molar-refractivity contribution in [3.63, 3.8) is 0 Å². The molecular formula is C56H80N2O7S2. The van der Waals surface area contributed by atoms with Crippen LogP contribution in [-0.4, -0.2) is 63.2 Å². The fourth-order valence-corrected chi connectivity index (χ4v) is 15.2. The van der Waals surface area contributed by atoms with Crippen LogP contribution in [0.3, 0.4) is 0 Å². The molecule has 0 radical (unpaired) electrons. The third kappa shape index (κ3) is 13.2. The van der Waals surface area contributed by atoms with Crippen LogP contribution in [-0.2, 0) is 24.5 Å². The van der Waals surface area contributed by atoms with E-state index < -0.39 is 54.5 Å². The number of unbranched alkanes of at least 4 members (excludes halogenated alkanes) is 10. The minimum absolute atomic E-state index is 0. The highest BCUT2D eigenvalue weighted by Crippen LogP contribution is 2.50. The van der Waals surface area contributed by atoms with E-state index in [1.807, 2.05) is 86.6 Å². The first-order chi connectivity index (χ1) is 31.7. The highest BCUT2D eigenvalue weighted by atomic mass is 32.2. The summed E-state index contributed by atoms with van der Waals surface area (Å²) in [6.07, 6.45) is 13.4. The van der Waals surface area contributed by atoms with Gasteiger partial charge in [-0.15, -0.1) is 0 Å². The van der Waals surface area contributed by atoms with Gasteiger partial charge in [0.15, 0.2) is 19.7 Å². The molecule has 6 atom stereocenters. The largest absolute Gasteiger partial charge is 0.392 e. The topological polar surface area (TPSA) is 150 Å². The Morgan fingerprint density at radius 2 is 1.07 bits per heavy atom. The van der Waals surface area contributed by atoms with E-state index in [2.05, 4.69) is 24.5 Å². The van der Waals surface area contributed by atoms with Gasteiger partial charge in [0.1, 0.15) is 0 Å². The lowest BCUT2D eigenvalue weighted by molar-refractivity contribution is -0.116. The summed E-state index contributed by atoms with van der Waals surface area (Å²) in [7, 11) is -7.33. The van der Waals surface area contributed by atoms with Gasteiger partial charge < -0.3 is 20.8 Å². The monoisotopic (exact) mass is 957 g/mol. The number of fused-ring (bicyclic) bond motifs is 2. The fraction of sp³-hybridized carbons (Fsp3) is 0.554. The number of rotatable bonds is 23. The number of anilines is 2. The number of aliphatic hydroxyl groups excluding tert-OH is 2. The van der Waals surface area contributed by atoms with Crippen LogP contribution in [0.5, 0.6) is 0 Å². The Morgan fingerprint density at radius 1 is 0.597 bits per heavy atom. The number of nitrogens with one attached hydrogen (secondary N) is 2. The molecule has 368 valence electrons. The maximum Gasteiger partial charge on any atom is 0.224 e. The molecule has 2 aliphatic rings. The van der Waals surface area contributed by atoms with Crippen LogP contribution < -0.4 is 10.6 Å². The molecule has 4 aromatic rings. The quantitative estimate of drug-likeness (QED) is 0.0537. The lowest BCUT2D eigenvalue weighted by Crippen LogP contribution is -2.42. The highest BCUT2D eigenvalue weighted by Gasteiger charge is 2.49. The molecule has 11 heteroatoms. The summed E-state index contributed by atoms with van der Waals surface area (Å²) in [5.74, 6) is -1.27. The summed E-state index contributed by atoms with van der Waals surface area (Å²) in [6, 6.07) is 30.1. The maximum absolute atomic E-state index is 14.0. The summed E-state index contributed by atoms with van der Waals surface area (Å²) < 4.78 is 55.6. The van der Waals surface area contributed by atoms with Crippen LogP contribution in [0, 0.1) is 10.8 Å². The Labute approximate surface area is 403 Å². The number of carbonyl (C=O) groups is 1. The van der Waals surface area contributed by atoms with Crippen LogP contribution in [0.4, 0.5) is 11.4 Å². The smallest absolute Gasteiger partial charge is 0.224 e. The first-order valence-electron chi connectivity index (χ1n) is 24.9. The summed E-state index contributed by atoms with van der Waals surface area (Å²) >= 11 is 0. The van der Waals surface area contributed by atoms with E-state index in [1.165, 1.54) is 0 Å². The lowest BCUT2D eigenvalue weighted by atomic mass is 9.69. The zero-order chi connectivity index (χ0) is 47.4. The van der Waals surface area contributed by atoms with E-state index >= 15 is 0 Å². The summed E-state index contributed by atoms with van der Waals surface area (Å²) in [5, 5.41) is 30.7. The summed E-state index contributed by atoms with van der Waals surface area (Å²) in [5.41, 5.74) is 2.87. The van der Waals surface area contributed by atoms with Crippen molar-refractivity contribution in [2.75, 3.05) is 28.7 Å². The molecule has 0 bridgehead atoms. The minimum Gasteiger partial charge on any atom is -0.392 e. The van der Waals surface area contributed by atoms with E-state index in [9.17, 15) is 31.8 Å². The Hall–Kier alpha value is -4.03. The maximum atomic E-state index is 14.0. The molecule has 1 amide bonds. The second kappa shape index (κ2) is 24.5. The number of carbonyl (C=O) groups excluding carboxylic acids is 1. The Kier molecular flexibility index (Phi) is 19.7. The van der Waals surface area contributed by atoms with Crippen molar-refractivity contribution in [3.8, 4) is 0 Å². The predicted octanol–water partition coefficient (Wildman–Crippen LogP) is 12.6. The molecule has 2 aliphatic heterocycles. The molecule has 2 heterocycles. The van der Waals surface area contributed by atoms with Gasteiger partial charge in [-0.1, -0.05) is 166 Å². The zero-order valence-corrected chi connectivity index (χ0v) is 41.6. The third-order valence-corrected chi connectivity index (χ3v) is 18.8. The molecule has 9 nitrogen and oxygen atoms in total. The average molecular weight is 957 g/mol. The molecule has 0 saturated heterocycles. The molecule has 0 saturated carbocycles. The number of aliphatic hydroxyl groups is 2. The van der Waals surface area contributed by atoms with Crippen molar-refractivity contribution in [1.82, 2.24) is 0 Å². The summed E-state index contributed by atoms with van der Waals surface area (Å²) in [6.45, 7) is 8.86. The Morgan fingerprint density at radius 3 is 1.63 bits per heavy atom. The summed E-state index contributed by atoms with van der Waals surface area (Å²) in [4.78, 5) is 13.7.